The predicted octanol–water partition coefficient (Wildman–Crippen LogP) is 18.2. The molecule has 1 heterocycles. The second-order valence-electron chi connectivity index (χ2n) is 20.3. The molecule has 0 fully saturated rings. The van der Waals surface area contributed by atoms with Gasteiger partial charge in [0.25, 0.3) is 0 Å². The van der Waals surface area contributed by atoms with Crippen molar-refractivity contribution < 1.29 is 0 Å². The standard InChI is InChI=1S/C70H52N2/c1-69(2)65-44-50(47-18-6-3-7-19-47)34-41-58(65)59-42-39-56(46-66(59)69)71(53-35-30-48(31-36-53)49-32-37-54(38-33-49)72-67-28-16-13-25-60(67)61-26-14-17-29-68(61)72)55-40-43-64-62(45-55)57-24-12-15-27-63(57)70(64,51-20-8-4-9-21-51)52-22-10-5-11-23-52/h3-37,39-46,54H,38H2,1-2H3. The quantitative estimate of drug-likeness (QED) is 0.147. The van der Waals surface area contributed by atoms with Crippen molar-refractivity contribution in [1.29, 1.82) is 0 Å². The summed E-state index contributed by atoms with van der Waals surface area (Å²) in [5.41, 5.74) is 23.3. The van der Waals surface area contributed by atoms with Gasteiger partial charge in [0.1, 0.15) is 0 Å². The van der Waals surface area contributed by atoms with Crippen LogP contribution < -0.4 is 4.90 Å². The van der Waals surface area contributed by atoms with Crippen LogP contribution in [-0.4, -0.2) is 4.57 Å². The lowest BCUT2D eigenvalue weighted by Gasteiger charge is -2.34. The van der Waals surface area contributed by atoms with Crippen molar-refractivity contribution in [1.82, 2.24) is 4.57 Å². The second kappa shape index (κ2) is 16.4. The molecule has 0 bridgehead atoms. The van der Waals surface area contributed by atoms with Gasteiger partial charge in [0.05, 0.1) is 11.5 Å². The molecule has 0 spiro atoms. The van der Waals surface area contributed by atoms with Crippen LogP contribution in [0.5, 0.6) is 0 Å². The Hall–Kier alpha value is -8.72. The number of anilines is 3. The number of allylic oxidation sites excluding steroid dienone is 4. The molecule has 0 amide bonds. The Labute approximate surface area is 422 Å². The molecule has 2 nitrogen and oxygen atoms in total. The summed E-state index contributed by atoms with van der Waals surface area (Å²) >= 11 is 0. The molecule has 0 N–H and O–H groups in total. The van der Waals surface area contributed by atoms with Gasteiger partial charge in [-0.1, -0.05) is 220 Å². The van der Waals surface area contributed by atoms with Gasteiger partial charge in [-0.15, -0.1) is 0 Å². The van der Waals surface area contributed by atoms with Crippen LogP contribution >= 0.6 is 0 Å². The van der Waals surface area contributed by atoms with Gasteiger partial charge < -0.3 is 9.47 Å². The lowest BCUT2D eigenvalue weighted by molar-refractivity contribution is 0.649. The van der Waals surface area contributed by atoms with Crippen LogP contribution in [0.1, 0.15) is 65.3 Å². The number of aromatic nitrogens is 1. The maximum absolute atomic E-state index is 2.52. The summed E-state index contributed by atoms with van der Waals surface area (Å²) in [5, 5.41) is 2.62. The molecule has 72 heavy (non-hydrogen) atoms. The average molecular weight is 921 g/mol. The monoisotopic (exact) mass is 920 g/mol. The van der Waals surface area contributed by atoms with Gasteiger partial charge in [-0.25, -0.2) is 0 Å². The van der Waals surface area contributed by atoms with E-state index >= 15 is 0 Å². The number of para-hydroxylation sites is 2. The molecule has 10 aromatic carbocycles. The van der Waals surface area contributed by atoms with Crippen LogP contribution in [0.4, 0.5) is 17.1 Å². The van der Waals surface area contributed by atoms with Gasteiger partial charge in [-0.05, 0) is 139 Å². The zero-order chi connectivity index (χ0) is 48.0. The number of benzene rings is 10. The summed E-state index contributed by atoms with van der Waals surface area (Å²) in [6, 6.07) is 90.6. The fourth-order valence-electron chi connectivity index (χ4n) is 12.8. The van der Waals surface area contributed by atoms with Crippen LogP contribution in [0, 0.1) is 0 Å². The van der Waals surface area contributed by atoms with E-state index in [4.69, 9.17) is 0 Å². The number of nitrogens with zero attached hydrogens (tertiary/aromatic N) is 2. The highest BCUT2D eigenvalue weighted by Gasteiger charge is 2.46. The molecule has 1 atom stereocenters. The molecule has 14 rings (SSSR count). The third kappa shape index (κ3) is 6.35. The fourth-order valence-corrected chi connectivity index (χ4v) is 12.8. The molecular weight excluding hydrogens is 869 g/mol. The number of hydrogen-bond acceptors (Lipinski definition) is 1. The van der Waals surface area contributed by atoms with E-state index in [-0.39, 0.29) is 11.5 Å². The number of fused-ring (bicyclic) bond motifs is 9. The molecule has 0 saturated carbocycles. The first-order valence-corrected chi connectivity index (χ1v) is 25.4. The van der Waals surface area contributed by atoms with Gasteiger partial charge in [0, 0.05) is 44.3 Å². The maximum Gasteiger partial charge on any atom is 0.0713 e. The maximum atomic E-state index is 2.52. The van der Waals surface area contributed by atoms with Crippen molar-refractivity contribution in [2.45, 2.75) is 37.1 Å². The summed E-state index contributed by atoms with van der Waals surface area (Å²) < 4.78 is 2.52. The molecule has 2 heteroatoms. The summed E-state index contributed by atoms with van der Waals surface area (Å²) in [7, 11) is 0. The van der Waals surface area contributed by atoms with E-state index in [2.05, 4.69) is 284 Å². The zero-order valence-electron chi connectivity index (χ0n) is 40.5. The largest absolute Gasteiger partial charge is 0.333 e. The molecular formula is C70H52N2. The fraction of sp³-hybridized carbons (Fsp3) is 0.0857. The molecule has 1 aromatic heterocycles. The Morgan fingerprint density at radius 2 is 0.917 bits per heavy atom. The molecule has 0 aliphatic heterocycles. The van der Waals surface area contributed by atoms with Gasteiger partial charge in [-0.3, -0.25) is 0 Å². The molecule has 11 aromatic rings. The highest BCUT2D eigenvalue weighted by atomic mass is 15.1. The summed E-state index contributed by atoms with van der Waals surface area (Å²) in [4.78, 5) is 2.48. The number of hydrogen-bond donors (Lipinski definition) is 0. The third-order valence-corrected chi connectivity index (χ3v) is 16.2. The molecule has 1 unspecified atom stereocenters. The van der Waals surface area contributed by atoms with Crippen LogP contribution in [-0.2, 0) is 10.8 Å². The number of rotatable bonds is 8. The highest BCUT2D eigenvalue weighted by Crippen LogP contribution is 2.58. The molecule has 0 saturated heterocycles. The first kappa shape index (κ1) is 42.2. The van der Waals surface area contributed by atoms with E-state index in [1.54, 1.807) is 0 Å². The van der Waals surface area contributed by atoms with Crippen LogP contribution in [0.3, 0.4) is 0 Å². The Morgan fingerprint density at radius 1 is 0.403 bits per heavy atom. The van der Waals surface area contributed by atoms with Crippen molar-refractivity contribution in [2.24, 2.45) is 0 Å². The Bertz CT molecular complexity index is 3870. The average Bonchev–Trinajstić information content (AvgIpc) is 4.03. The lowest BCUT2D eigenvalue weighted by Crippen LogP contribution is -2.28. The van der Waals surface area contributed by atoms with Crippen LogP contribution in [0.2, 0.25) is 0 Å². The minimum absolute atomic E-state index is 0.209. The van der Waals surface area contributed by atoms with Crippen molar-refractivity contribution in [2.75, 3.05) is 4.90 Å². The van der Waals surface area contributed by atoms with E-state index in [0.29, 0.717) is 0 Å². The summed E-state index contributed by atoms with van der Waals surface area (Å²) in [5.74, 6) is 0. The normalized spacial score (nSPS) is 15.7. The molecule has 0 radical (unpaired) electrons. The van der Waals surface area contributed by atoms with E-state index < -0.39 is 5.41 Å². The minimum atomic E-state index is -0.469. The van der Waals surface area contributed by atoms with E-state index in [9.17, 15) is 0 Å². The van der Waals surface area contributed by atoms with Gasteiger partial charge in [0.2, 0.25) is 0 Å². The molecule has 342 valence electrons. The van der Waals surface area contributed by atoms with Crippen molar-refractivity contribution in [3.05, 3.63) is 300 Å². The highest BCUT2D eigenvalue weighted by molar-refractivity contribution is 6.08. The zero-order valence-corrected chi connectivity index (χ0v) is 40.5. The second-order valence-corrected chi connectivity index (χ2v) is 20.3. The topological polar surface area (TPSA) is 8.17 Å². The Kier molecular flexibility index (Phi) is 9.63. The Morgan fingerprint density at radius 3 is 1.58 bits per heavy atom. The first-order valence-electron chi connectivity index (χ1n) is 25.4. The smallest absolute Gasteiger partial charge is 0.0713 e. The van der Waals surface area contributed by atoms with E-state index in [1.165, 1.54) is 99.7 Å². The van der Waals surface area contributed by atoms with Crippen LogP contribution in [0.15, 0.2) is 261 Å². The molecule has 3 aliphatic rings. The summed E-state index contributed by atoms with van der Waals surface area (Å²) in [6.07, 6.45) is 8.08. The van der Waals surface area contributed by atoms with Crippen molar-refractivity contribution in [3.8, 4) is 33.4 Å². The summed E-state index contributed by atoms with van der Waals surface area (Å²) in [6.45, 7) is 4.79. The first-order chi connectivity index (χ1) is 35.5. The van der Waals surface area contributed by atoms with Crippen molar-refractivity contribution in [3.63, 3.8) is 0 Å². The lowest BCUT2D eigenvalue weighted by atomic mass is 9.68. The van der Waals surface area contributed by atoms with Gasteiger partial charge in [0.15, 0.2) is 0 Å². The van der Waals surface area contributed by atoms with Crippen LogP contribution in [0.25, 0.3) is 60.8 Å². The van der Waals surface area contributed by atoms with Crippen molar-refractivity contribution >= 4 is 44.4 Å². The molecule has 3 aliphatic carbocycles. The SMILES string of the molecule is CC1(C)c2cc(-c3ccccc3)ccc2-c2ccc(N(c3ccc(C4=CCC(n5c6ccccc6c6ccccc65)C=C4)cc3)c3ccc4c(c3)-c3ccccc3C4(c3ccccc3)c3ccccc3)cc21. The van der Waals surface area contributed by atoms with E-state index in [1.807, 2.05) is 0 Å². The Balaban J connectivity index is 0.886. The van der Waals surface area contributed by atoms with Gasteiger partial charge in [-0.2, -0.15) is 0 Å². The minimum Gasteiger partial charge on any atom is -0.333 e. The third-order valence-electron chi connectivity index (χ3n) is 16.2. The van der Waals surface area contributed by atoms with E-state index in [0.717, 1.165) is 23.5 Å². The van der Waals surface area contributed by atoms with Gasteiger partial charge >= 0.3 is 0 Å². The predicted molar refractivity (Wildman–Crippen MR) is 302 cm³/mol.